The maximum absolute atomic E-state index is 12.4. The Morgan fingerprint density at radius 2 is 1.86 bits per heavy atom. The number of rotatable bonds is 10. The number of nitrogens with zero attached hydrogens (tertiary/aromatic N) is 1. The van der Waals surface area contributed by atoms with Crippen molar-refractivity contribution in [3.05, 3.63) is 62.6 Å². The van der Waals surface area contributed by atoms with E-state index in [1.54, 1.807) is 24.3 Å². The molecule has 1 amide bonds. The van der Waals surface area contributed by atoms with E-state index in [1.165, 1.54) is 0 Å². The summed E-state index contributed by atoms with van der Waals surface area (Å²) in [4.78, 5) is 12.4. The topological polar surface area (TPSA) is 96.9 Å². The number of oxime groups is 1. The molecular formula is C20H22Cl3N3O3. The first-order chi connectivity index (χ1) is 13.9. The molecule has 2 aromatic carbocycles. The van der Waals surface area contributed by atoms with Crippen LogP contribution in [0, 0.1) is 0 Å². The van der Waals surface area contributed by atoms with Gasteiger partial charge in [0.1, 0.15) is 11.5 Å². The highest BCUT2D eigenvalue weighted by molar-refractivity contribution is 6.39. The van der Waals surface area contributed by atoms with E-state index in [0.29, 0.717) is 58.9 Å². The van der Waals surface area contributed by atoms with E-state index in [-0.39, 0.29) is 12.1 Å². The van der Waals surface area contributed by atoms with Gasteiger partial charge in [0.25, 0.3) is 5.91 Å². The van der Waals surface area contributed by atoms with Gasteiger partial charge in [0, 0.05) is 28.6 Å². The molecule has 0 atom stereocenters. The van der Waals surface area contributed by atoms with E-state index in [0.717, 1.165) is 5.56 Å². The van der Waals surface area contributed by atoms with E-state index in [4.69, 9.17) is 45.3 Å². The highest BCUT2D eigenvalue weighted by Gasteiger charge is 2.18. The number of carbonyl (C=O) groups excluding carboxylic acids is 1. The lowest BCUT2D eigenvalue weighted by atomic mass is 10.1. The number of hydrogen-bond acceptors (Lipinski definition) is 5. The standard InChI is InChI=1S/C20H22Cl3N3O3/c21-15-4-2-13(3-5-15)6-8-25-20(27)18(26-28)11-14-10-16(22)12-17(23)19(14)29-9-1-7-24/h2-5,10,12,28H,1,6-9,11,24H2,(H,25,27)/b26-18+. The Hall–Kier alpha value is -1.99. The second kappa shape index (κ2) is 11.9. The largest absolute Gasteiger partial charge is 0.492 e. The Morgan fingerprint density at radius 1 is 1.14 bits per heavy atom. The summed E-state index contributed by atoms with van der Waals surface area (Å²) in [7, 11) is 0. The first-order valence-corrected chi connectivity index (χ1v) is 10.1. The minimum atomic E-state index is -0.495. The Balaban J connectivity index is 2.02. The molecule has 9 heteroatoms. The zero-order chi connectivity index (χ0) is 21.2. The Kier molecular flexibility index (Phi) is 9.54. The number of benzene rings is 2. The fourth-order valence-electron chi connectivity index (χ4n) is 2.58. The third-order valence-corrected chi connectivity index (χ3v) is 4.78. The van der Waals surface area contributed by atoms with Crippen LogP contribution in [0.2, 0.25) is 15.1 Å². The Morgan fingerprint density at radius 3 is 2.52 bits per heavy atom. The monoisotopic (exact) mass is 457 g/mol. The van der Waals surface area contributed by atoms with Gasteiger partial charge < -0.3 is 21.0 Å². The maximum atomic E-state index is 12.4. The summed E-state index contributed by atoms with van der Waals surface area (Å²) >= 11 is 18.2. The van der Waals surface area contributed by atoms with Gasteiger partial charge >= 0.3 is 0 Å². The van der Waals surface area contributed by atoms with E-state index in [9.17, 15) is 10.0 Å². The van der Waals surface area contributed by atoms with Gasteiger partial charge in [0.15, 0.2) is 0 Å². The van der Waals surface area contributed by atoms with Crippen molar-refractivity contribution in [2.45, 2.75) is 19.3 Å². The fraction of sp³-hybridized carbons (Fsp3) is 0.300. The van der Waals surface area contributed by atoms with Crippen molar-refractivity contribution in [3.8, 4) is 5.75 Å². The van der Waals surface area contributed by atoms with Crippen LogP contribution in [0.1, 0.15) is 17.5 Å². The number of amides is 1. The van der Waals surface area contributed by atoms with Crippen molar-refractivity contribution >= 4 is 46.4 Å². The van der Waals surface area contributed by atoms with Crippen molar-refractivity contribution in [1.29, 1.82) is 0 Å². The van der Waals surface area contributed by atoms with E-state index < -0.39 is 5.91 Å². The number of nitrogens with two attached hydrogens (primary N) is 1. The molecule has 0 aromatic heterocycles. The minimum absolute atomic E-state index is 0.00150. The fourth-order valence-corrected chi connectivity index (χ4v) is 3.30. The molecule has 0 fully saturated rings. The molecule has 0 radical (unpaired) electrons. The molecule has 0 spiro atoms. The summed E-state index contributed by atoms with van der Waals surface area (Å²) in [6.45, 7) is 1.21. The maximum Gasteiger partial charge on any atom is 0.269 e. The van der Waals surface area contributed by atoms with Gasteiger partial charge in [0.2, 0.25) is 0 Å². The molecule has 156 valence electrons. The molecular weight excluding hydrogens is 437 g/mol. The van der Waals surface area contributed by atoms with Crippen LogP contribution in [0.25, 0.3) is 0 Å². The SMILES string of the molecule is NCCCOc1c(Cl)cc(Cl)cc1C/C(=N\O)C(=O)NCCc1ccc(Cl)cc1. The molecule has 0 aliphatic heterocycles. The quantitative estimate of drug-likeness (QED) is 0.216. The first kappa shape index (κ1) is 23.3. The highest BCUT2D eigenvalue weighted by atomic mass is 35.5. The van der Waals surface area contributed by atoms with Crippen molar-refractivity contribution in [2.24, 2.45) is 10.9 Å². The average Bonchev–Trinajstić information content (AvgIpc) is 2.69. The van der Waals surface area contributed by atoms with E-state index in [2.05, 4.69) is 10.5 Å². The molecule has 2 rings (SSSR count). The number of carbonyl (C=O) groups is 1. The summed E-state index contributed by atoms with van der Waals surface area (Å²) < 4.78 is 5.69. The van der Waals surface area contributed by atoms with Gasteiger partial charge in [0.05, 0.1) is 11.6 Å². The predicted octanol–water partition coefficient (Wildman–Crippen LogP) is 4.11. The molecule has 0 heterocycles. The van der Waals surface area contributed by atoms with Crippen LogP contribution >= 0.6 is 34.8 Å². The van der Waals surface area contributed by atoms with Crippen molar-refractivity contribution in [3.63, 3.8) is 0 Å². The van der Waals surface area contributed by atoms with Gasteiger partial charge in [-0.15, -0.1) is 0 Å². The van der Waals surface area contributed by atoms with Gasteiger partial charge in [-0.25, -0.2) is 0 Å². The Bertz CT molecular complexity index is 858. The smallest absolute Gasteiger partial charge is 0.269 e. The van der Waals surface area contributed by atoms with Crippen LogP contribution in [0.3, 0.4) is 0 Å². The van der Waals surface area contributed by atoms with Crippen molar-refractivity contribution < 1.29 is 14.7 Å². The van der Waals surface area contributed by atoms with Gasteiger partial charge in [-0.3, -0.25) is 4.79 Å². The van der Waals surface area contributed by atoms with Crippen LogP contribution in [0.5, 0.6) is 5.75 Å². The predicted molar refractivity (Wildman–Crippen MR) is 117 cm³/mol. The molecule has 0 aliphatic carbocycles. The van der Waals surface area contributed by atoms with Gasteiger partial charge in [-0.05, 0) is 49.2 Å². The molecule has 6 nitrogen and oxygen atoms in total. The number of ether oxygens (including phenoxy) is 1. The summed E-state index contributed by atoms with van der Waals surface area (Å²) in [6, 6.07) is 10.5. The van der Waals surface area contributed by atoms with Crippen LogP contribution in [-0.2, 0) is 17.6 Å². The van der Waals surface area contributed by atoms with E-state index >= 15 is 0 Å². The van der Waals surface area contributed by atoms with Crippen LogP contribution < -0.4 is 15.8 Å². The number of hydrogen-bond donors (Lipinski definition) is 3. The Labute approximate surface area is 184 Å². The molecule has 0 saturated heterocycles. The molecule has 0 aliphatic rings. The molecule has 4 N–H and O–H groups in total. The summed E-state index contributed by atoms with van der Waals surface area (Å²) in [5.41, 5.74) is 6.97. The molecule has 29 heavy (non-hydrogen) atoms. The number of nitrogens with one attached hydrogen (secondary N) is 1. The van der Waals surface area contributed by atoms with Crippen molar-refractivity contribution in [1.82, 2.24) is 5.32 Å². The number of halogens is 3. The second-order valence-electron chi connectivity index (χ2n) is 6.22. The zero-order valence-electron chi connectivity index (χ0n) is 15.6. The second-order valence-corrected chi connectivity index (χ2v) is 7.50. The summed E-state index contributed by atoms with van der Waals surface area (Å²) in [5.74, 6) is -0.106. The van der Waals surface area contributed by atoms with Gasteiger partial charge in [-0.1, -0.05) is 52.1 Å². The lowest BCUT2D eigenvalue weighted by Crippen LogP contribution is -2.33. The molecule has 0 unspecified atom stereocenters. The summed E-state index contributed by atoms with van der Waals surface area (Å²) in [5, 5.41) is 16.6. The lowest BCUT2D eigenvalue weighted by molar-refractivity contribution is -0.115. The van der Waals surface area contributed by atoms with Crippen LogP contribution in [0.4, 0.5) is 0 Å². The average molecular weight is 459 g/mol. The zero-order valence-corrected chi connectivity index (χ0v) is 17.9. The highest BCUT2D eigenvalue weighted by Crippen LogP contribution is 2.33. The third-order valence-electron chi connectivity index (χ3n) is 4.03. The van der Waals surface area contributed by atoms with E-state index in [1.807, 2.05) is 12.1 Å². The molecule has 0 bridgehead atoms. The lowest BCUT2D eigenvalue weighted by Gasteiger charge is -2.14. The minimum Gasteiger partial charge on any atom is -0.492 e. The third kappa shape index (κ3) is 7.40. The first-order valence-electron chi connectivity index (χ1n) is 8.99. The van der Waals surface area contributed by atoms with Crippen LogP contribution in [0.15, 0.2) is 41.6 Å². The summed E-state index contributed by atoms with van der Waals surface area (Å²) in [6.07, 6.45) is 1.25. The van der Waals surface area contributed by atoms with Crippen LogP contribution in [-0.4, -0.2) is 36.5 Å². The molecule has 2 aromatic rings. The van der Waals surface area contributed by atoms with Gasteiger partial charge in [-0.2, -0.15) is 0 Å². The molecule has 0 saturated carbocycles. The van der Waals surface area contributed by atoms with Crippen molar-refractivity contribution in [2.75, 3.05) is 19.7 Å². The normalized spacial score (nSPS) is 11.4.